The molecular weight excluding hydrogens is 318 g/mol. The van der Waals surface area contributed by atoms with Crippen LogP contribution in [0.3, 0.4) is 0 Å². The number of piperidine rings is 1. The second-order valence-corrected chi connectivity index (χ2v) is 7.47. The van der Waals surface area contributed by atoms with E-state index in [4.69, 9.17) is 9.47 Å². The number of carbonyl (C=O) groups excluding carboxylic acids is 1. The molecule has 0 aromatic rings. The van der Waals surface area contributed by atoms with Gasteiger partial charge in [-0.25, -0.2) is 0 Å². The van der Waals surface area contributed by atoms with Gasteiger partial charge in [0.25, 0.3) is 0 Å². The summed E-state index contributed by atoms with van der Waals surface area (Å²) in [6, 6.07) is 0.393. The van der Waals surface area contributed by atoms with Gasteiger partial charge in [-0.3, -0.25) is 9.69 Å². The number of morpholine rings is 1. The molecule has 2 aliphatic rings. The van der Waals surface area contributed by atoms with Crippen molar-refractivity contribution in [2.24, 2.45) is 11.3 Å². The second-order valence-electron chi connectivity index (χ2n) is 7.47. The van der Waals surface area contributed by atoms with Gasteiger partial charge >= 0.3 is 0 Å². The molecule has 0 saturated carbocycles. The van der Waals surface area contributed by atoms with Crippen molar-refractivity contribution >= 4 is 5.91 Å². The molecule has 0 aromatic heterocycles. The zero-order valence-corrected chi connectivity index (χ0v) is 16.3. The van der Waals surface area contributed by atoms with E-state index in [-0.39, 0.29) is 11.3 Å². The molecule has 146 valence electrons. The van der Waals surface area contributed by atoms with Crippen LogP contribution in [-0.2, 0) is 14.3 Å². The molecule has 2 heterocycles. The van der Waals surface area contributed by atoms with Crippen LogP contribution in [0.15, 0.2) is 0 Å². The average Bonchev–Trinajstić information content (AvgIpc) is 2.66. The molecule has 2 N–H and O–H groups in total. The molecule has 1 atom stereocenters. The number of rotatable bonds is 9. The van der Waals surface area contributed by atoms with Gasteiger partial charge in [-0.2, -0.15) is 0 Å². The summed E-state index contributed by atoms with van der Waals surface area (Å²) in [6.45, 7) is 11.0. The van der Waals surface area contributed by atoms with Gasteiger partial charge in [-0.05, 0) is 31.8 Å². The first kappa shape index (κ1) is 20.6. The lowest BCUT2D eigenvalue weighted by molar-refractivity contribution is -0.136. The summed E-state index contributed by atoms with van der Waals surface area (Å²) in [5.74, 6) is 0.768. The Morgan fingerprint density at radius 3 is 2.44 bits per heavy atom. The van der Waals surface area contributed by atoms with E-state index < -0.39 is 0 Å². The summed E-state index contributed by atoms with van der Waals surface area (Å²) in [6.07, 6.45) is 3.98. The maximum Gasteiger partial charge on any atom is 0.228 e. The number of nitrogens with one attached hydrogen (secondary N) is 2. The fraction of sp³-hybridized carbons (Fsp3) is 0.947. The highest BCUT2D eigenvalue weighted by Gasteiger charge is 2.40. The fourth-order valence-electron chi connectivity index (χ4n) is 4.34. The van der Waals surface area contributed by atoms with Gasteiger partial charge in [0.15, 0.2) is 0 Å². The highest BCUT2D eigenvalue weighted by Crippen LogP contribution is 2.29. The molecule has 1 unspecified atom stereocenters. The largest absolute Gasteiger partial charge is 0.384 e. The topological polar surface area (TPSA) is 62.8 Å². The Hall–Kier alpha value is -0.690. The SMILES string of the molecule is CCC(CC)C(CNC(=O)C1(COC)CCNCC1)N1CCOCC1. The van der Waals surface area contributed by atoms with Crippen LogP contribution in [0, 0.1) is 11.3 Å². The normalized spacial score (nSPS) is 22.7. The Kier molecular flexibility index (Phi) is 8.62. The van der Waals surface area contributed by atoms with Crippen LogP contribution in [0.25, 0.3) is 0 Å². The number of carbonyl (C=O) groups is 1. The zero-order chi connectivity index (χ0) is 18.1. The third kappa shape index (κ3) is 5.39. The first-order valence-electron chi connectivity index (χ1n) is 9.96. The summed E-state index contributed by atoms with van der Waals surface area (Å²) in [5.41, 5.74) is -0.372. The van der Waals surface area contributed by atoms with E-state index in [0.29, 0.717) is 18.6 Å². The Morgan fingerprint density at radius 2 is 1.88 bits per heavy atom. The van der Waals surface area contributed by atoms with Gasteiger partial charge in [0.05, 0.1) is 25.2 Å². The molecule has 25 heavy (non-hydrogen) atoms. The minimum atomic E-state index is -0.372. The molecule has 0 spiro atoms. The number of ether oxygens (including phenoxy) is 2. The summed E-state index contributed by atoms with van der Waals surface area (Å²) in [7, 11) is 1.69. The minimum absolute atomic E-state index is 0.167. The second kappa shape index (κ2) is 10.5. The summed E-state index contributed by atoms with van der Waals surface area (Å²) < 4.78 is 10.9. The predicted octanol–water partition coefficient (Wildman–Crippen LogP) is 1.26. The van der Waals surface area contributed by atoms with Gasteiger partial charge in [0, 0.05) is 32.8 Å². The van der Waals surface area contributed by atoms with Crippen molar-refractivity contribution in [2.75, 3.05) is 59.7 Å². The molecule has 2 fully saturated rings. The van der Waals surface area contributed by atoms with E-state index in [0.717, 1.165) is 71.6 Å². The Balaban J connectivity index is 2.00. The molecular formula is C19H37N3O3. The molecule has 0 aromatic carbocycles. The maximum absolute atomic E-state index is 13.0. The summed E-state index contributed by atoms with van der Waals surface area (Å²) in [4.78, 5) is 15.5. The zero-order valence-electron chi connectivity index (χ0n) is 16.3. The van der Waals surface area contributed by atoms with Crippen molar-refractivity contribution in [1.29, 1.82) is 0 Å². The minimum Gasteiger partial charge on any atom is -0.384 e. The van der Waals surface area contributed by atoms with Crippen LogP contribution >= 0.6 is 0 Å². The van der Waals surface area contributed by atoms with E-state index in [1.54, 1.807) is 7.11 Å². The highest BCUT2D eigenvalue weighted by atomic mass is 16.5. The van der Waals surface area contributed by atoms with Crippen LogP contribution in [-0.4, -0.2) is 76.5 Å². The van der Waals surface area contributed by atoms with Crippen LogP contribution < -0.4 is 10.6 Å². The van der Waals surface area contributed by atoms with Crippen LogP contribution in [0.1, 0.15) is 39.5 Å². The van der Waals surface area contributed by atoms with Gasteiger partial charge in [0.2, 0.25) is 5.91 Å². The smallest absolute Gasteiger partial charge is 0.228 e. The van der Waals surface area contributed by atoms with E-state index in [9.17, 15) is 4.79 Å². The van der Waals surface area contributed by atoms with Crippen molar-refractivity contribution in [2.45, 2.75) is 45.6 Å². The van der Waals surface area contributed by atoms with Crippen molar-refractivity contribution in [3.8, 4) is 0 Å². The number of methoxy groups -OCH3 is 1. The fourth-order valence-corrected chi connectivity index (χ4v) is 4.34. The standard InChI is InChI=1S/C19H37N3O3/c1-4-16(5-2)17(22-10-12-25-13-11-22)14-21-18(23)19(15-24-3)6-8-20-9-7-19/h16-17,20H,4-15H2,1-3H3,(H,21,23). The van der Waals surface area contributed by atoms with E-state index in [2.05, 4.69) is 29.4 Å². The number of hydrogen-bond donors (Lipinski definition) is 2. The maximum atomic E-state index is 13.0. The molecule has 0 bridgehead atoms. The summed E-state index contributed by atoms with van der Waals surface area (Å²) >= 11 is 0. The lowest BCUT2D eigenvalue weighted by Crippen LogP contribution is -2.55. The van der Waals surface area contributed by atoms with Crippen molar-refractivity contribution in [1.82, 2.24) is 15.5 Å². The summed E-state index contributed by atoms with van der Waals surface area (Å²) in [5, 5.41) is 6.64. The lowest BCUT2D eigenvalue weighted by atomic mass is 9.78. The van der Waals surface area contributed by atoms with Crippen molar-refractivity contribution in [3.05, 3.63) is 0 Å². The number of amides is 1. The van der Waals surface area contributed by atoms with Crippen LogP contribution in [0.2, 0.25) is 0 Å². The molecule has 2 rings (SSSR count). The monoisotopic (exact) mass is 355 g/mol. The Labute approximate surface area is 153 Å². The third-order valence-corrected chi connectivity index (χ3v) is 6.04. The number of nitrogens with zero attached hydrogens (tertiary/aromatic N) is 1. The predicted molar refractivity (Wildman–Crippen MR) is 99.7 cm³/mol. The molecule has 1 amide bonds. The molecule has 2 saturated heterocycles. The van der Waals surface area contributed by atoms with Crippen molar-refractivity contribution in [3.63, 3.8) is 0 Å². The lowest BCUT2D eigenvalue weighted by Gasteiger charge is -2.40. The van der Waals surface area contributed by atoms with Gasteiger partial charge < -0.3 is 20.1 Å². The van der Waals surface area contributed by atoms with Gasteiger partial charge in [-0.15, -0.1) is 0 Å². The van der Waals surface area contributed by atoms with E-state index >= 15 is 0 Å². The van der Waals surface area contributed by atoms with E-state index in [1.807, 2.05) is 0 Å². The van der Waals surface area contributed by atoms with Gasteiger partial charge in [0.1, 0.15) is 0 Å². The average molecular weight is 356 g/mol. The van der Waals surface area contributed by atoms with Crippen molar-refractivity contribution < 1.29 is 14.3 Å². The first-order valence-corrected chi connectivity index (χ1v) is 9.96. The van der Waals surface area contributed by atoms with Crippen LogP contribution in [0.4, 0.5) is 0 Å². The molecule has 6 nitrogen and oxygen atoms in total. The molecule has 6 heteroatoms. The third-order valence-electron chi connectivity index (χ3n) is 6.04. The first-order chi connectivity index (χ1) is 12.2. The highest BCUT2D eigenvalue weighted by molar-refractivity contribution is 5.83. The van der Waals surface area contributed by atoms with Gasteiger partial charge in [-0.1, -0.05) is 26.7 Å². The molecule has 2 aliphatic heterocycles. The molecule has 0 aliphatic carbocycles. The molecule has 0 radical (unpaired) electrons. The van der Waals surface area contributed by atoms with Crippen LogP contribution in [0.5, 0.6) is 0 Å². The quantitative estimate of drug-likeness (QED) is 0.652. The number of hydrogen-bond acceptors (Lipinski definition) is 5. The Morgan fingerprint density at radius 1 is 1.24 bits per heavy atom. The Bertz CT molecular complexity index is 384. The van der Waals surface area contributed by atoms with E-state index in [1.165, 1.54) is 0 Å².